The average Bonchev–Trinajstić information content (AvgIpc) is 2.53. The van der Waals surface area contributed by atoms with Gasteiger partial charge in [-0.25, -0.2) is 4.79 Å². The second-order valence-corrected chi connectivity index (χ2v) is 5.14. The minimum absolute atomic E-state index is 0.410. The van der Waals surface area contributed by atoms with E-state index in [1.54, 1.807) is 24.4 Å². The Kier molecular flexibility index (Phi) is 3.94. The fourth-order valence-corrected chi connectivity index (χ4v) is 2.47. The van der Waals surface area contributed by atoms with E-state index in [0.29, 0.717) is 10.8 Å². The smallest absolute Gasteiger partial charge is 0.341 e. The Morgan fingerprint density at radius 3 is 2.77 bits per heavy atom. The van der Waals surface area contributed by atoms with E-state index in [1.165, 1.54) is 0 Å². The van der Waals surface area contributed by atoms with E-state index >= 15 is 0 Å². The van der Waals surface area contributed by atoms with Crippen LogP contribution in [-0.2, 0) is 4.79 Å². The zero-order chi connectivity index (χ0) is 15.5. The van der Waals surface area contributed by atoms with Gasteiger partial charge >= 0.3 is 5.97 Å². The van der Waals surface area contributed by atoms with E-state index in [-0.39, 0.29) is 0 Å². The van der Waals surface area contributed by atoms with Crippen LogP contribution in [0.15, 0.2) is 54.7 Å². The van der Waals surface area contributed by atoms with Crippen LogP contribution in [0.5, 0.6) is 5.75 Å². The Balaban J connectivity index is 2.17. The maximum atomic E-state index is 10.7. The first kappa shape index (κ1) is 14.4. The number of halogens is 1. The summed E-state index contributed by atoms with van der Waals surface area (Å²) in [5.74, 6) is -0.568. The van der Waals surface area contributed by atoms with Crippen LogP contribution in [-0.4, -0.2) is 22.7 Å². The van der Waals surface area contributed by atoms with Crippen molar-refractivity contribution < 1.29 is 14.6 Å². The number of hydrogen-bond acceptors (Lipinski definition) is 3. The molecule has 0 aliphatic rings. The molecular formula is C17H12ClNO3. The average molecular weight is 314 g/mol. The number of nitrogens with zero attached hydrogens (tertiary/aromatic N) is 1. The van der Waals surface area contributed by atoms with Gasteiger partial charge in [0.05, 0.1) is 5.52 Å². The molecule has 22 heavy (non-hydrogen) atoms. The molecule has 0 saturated carbocycles. The van der Waals surface area contributed by atoms with Crippen LogP contribution in [0.2, 0.25) is 5.02 Å². The summed E-state index contributed by atoms with van der Waals surface area (Å²) >= 11 is 6.09. The van der Waals surface area contributed by atoms with E-state index in [9.17, 15) is 4.79 Å². The molecule has 0 fully saturated rings. The first-order chi connectivity index (χ1) is 10.6. The monoisotopic (exact) mass is 313 g/mol. The second kappa shape index (κ2) is 6.03. The topological polar surface area (TPSA) is 59.4 Å². The SMILES string of the molecule is O=C(O)COc1ccc(Cl)cc1-c1cccc2cccnc12. The molecule has 5 heteroatoms. The molecule has 110 valence electrons. The van der Waals surface area contributed by atoms with E-state index in [1.807, 2.05) is 30.3 Å². The fraction of sp³-hybridized carbons (Fsp3) is 0.0588. The molecule has 3 aromatic rings. The number of hydrogen-bond donors (Lipinski definition) is 1. The lowest BCUT2D eigenvalue weighted by Crippen LogP contribution is -2.10. The summed E-state index contributed by atoms with van der Waals surface area (Å²) in [6.07, 6.45) is 1.72. The highest BCUT2D eigenvalue weighted by Crippen LogP contribution is 2.36. The van der Waals surface area contributed by atoms with Gasteiger partial charge in [-0.05, 0) is 24.3 Å². The summed E-state index contributed by atoms with van der Waals surface area (Å²) in [6.45, 7) is -0.410. The second-order valence-electron chi connectivity index (χ2n) is 4.70. The summed E-state index contributed by atoms with van der Waals surface area (Å²) in [5.41, 5.74) is 2.38. The van der Waals surface area contributed by atoms with Crippen molar-refractivity contribution in [1.82, 2.24) is 4.98 Å². The quantitative estimate of drug-likeness (QED) is 0.790. The van der Waals surface area contributed by atoms with Gasteiger partial charge in [0.2, 0.25) is 0 Å². The first-order valence-electron chi connectivity index (χ1n) is 6.63. The highest BCUT2D eigenvalue weighted by Gasteiger charge is 2.12. The Bertz CT molecular complexity index is 843. The molecule has 1 aromatic heterocycles. The van der Waals surface area contributed by atoms with Crippen molar-refractivity contribution in [3.8, 4) is 16.9 Å². The number of rotatable bonds is 4. The molecule has 0 unspecified atom stereocenters. The van der Waals surface area contributed by atoms with Crippen LogP contribution < -0.4 is 4.74 Å². The molecule has 0 bridgehead atoms. The number of aliphatic carboxylic acids is 1. The van der Waals surface area contributed by atoms with Gasteiger partial charge in [0.1, 0.15) is 5.75 Å². The predicted molar refractivity (Wildman–Crippen MR) is 85.3 cm³/mol. The zero-order valence-electron chi connectivity index (χ0n) is 11.5. The summed E-state index contributed by atoms with van der Waals surface area (Å²) in [5, 5.41) is 10.3. The highest BCUT2D eigenvalue weighted by atomic mass is 35.5. The zero-order valence-corrected chi connectivity index (χ0v) is 12.2. The highest BCUT2D eigenvalue weighted by molar-refractivity contribution is 6.31. The van der Waals surface area contributed by atoms with E-state index in [4.69, 9.17) is 21.4 Å². The van der Waals surface area contributed by atoms with Gasteiger partial charge in [-0.2, -0.15) is 0 Å². The molecule has 0 amide bonds. The first-order valence-corrected chi connectivity index (χ1v) is 7.01. The number of para-hydroxylation sites is 1. The largest absolute Gasteiger partial charge is 0.481 e. The summed E-state index contributed by atoms with van der Waals surface area (Å²) in [6, 6.07) is 14.7. The minimum Gasteiger partial charge on any atom is -0.481 e. The Morgan fingerprint density at radius 2 is 1.95 bits per heavy atom. The molecule has 0 atom stereocenters. The third-order valence-corrected chi connectivity index (χ3v) is 3.45. The maximum Gasteiger partial charge on any atom is 0.341 e. The summed E-state index contributed by atoms with van der Waals surface area (Å²) in [4.78, 5) is 15.1. The van der Waals surface area contributed by atoms with Crippen molar-refractivity contribution >= 4 is 28.5 Å². The molecular weight excluding hydrogens is 302 g/mol. The summed E-state index contributed by atoms with van der Waals surface area (Å²) in [7, 11) is 0. The Morgan fingerprint density at radius 1 is 1.14 bits per heavy atom. The van der Waals surface area contributed by atoms with Gasteiger partial charge in [0.15, 0.2) is 6.61 Å². The number of ether oxygens (including phenoxy) is 1. The third kappa shape index (κ3) is 2.87. The normalized spacial score (nSPS) is 10.6. The van der Waals surface area contributed by atoms with Crippen molar-refractivity contribution in [2.24, 2.45) is 0 Å². The molecule has 0 aliphatic heterocycles. The lowest BCUT2D eigenvalue weighted by atomic mass is 10.0. The molecule has 2 aromatic carbocycles. The Labute approximate surface area is 131 Å². The maximum absolute atomic E-state index is 10.7. The van der Waals surface area contributed by atoms with Crippen LogP contribution >= 0.6 is 11.6 Å². The molecule has 0 spiro atoms. The van der Waals surface area contributed by atoms with Gasteiger partial charge in [-0.15, -0.1) is 0 Å². The van der Waals surface area contributed by atoms with Crippen LogP contribution in [0.25, 0.3) is 22.0 Å². The minimum atomic E-state index is -1.03. The Hall–Kier alpha value is -2.59. The van der Waals surface area contributed by atoms with Crippen molar-refractivity contribution in [1.29, 1.82) is 0 Å². The van der Waals surface area contributed by atoms with Gasteiger partial charge in [-0.3, -0.25) is 4.98 Å². The molecule has 0 aliphatic carbocycles. The van der Waals surface area contributed by atoms with Crippen molar-refractivity contribution in [2.45, 2.75) is 0 Å². The number of carboxylic acid groups (broad SMARTS) is 1. The van der Waals surface area contributed by atoms with Crippen molar-refractivity contribution in [2.75, 3.05) is 6.61 Å². The van der Waals surface area contributed by atoms with E-state index in [2.05, 4.69) is 4.98 Å². The number of carbonyl (C=O) groups is 1. The van der Waals surface area contributed by atoms with Gasteiger partial charge < -0.3 is 9.84 Å². The lowest BCUT2D eigenvalue weighted by molar-refractivity contribution is -0.139. The number of fused-ring (bicyclic) bond motifs is 1. The fourth-order valence-electron chi connectivity index (χ4n) is 2.30. The molecule has 1 heterocycles. The van der Waals surface area contributed by atoms with Crippen LogP contribution in [0, 0.1) is 0 Å². The molecule has 4 nitrogen and oxygen atoms in total. The number of carboxylic acids is 1. The van der Waals surface area contributed by atoms with Crippen molar-refractivity contribution in [3.63, 3.8) is 0 Å². The van der Waals surface area contributed by atoms with E-state index in [0.717, 1.165) is 22.0 Å². The standard InChI is InChI=1S/C17H12ClNO3/c18-12-6-7-15(22-10-16(20)21)14(9-12)13-5-1-3-11-4-2-8-19-17(11)13/h1-9H,10H2,(H,20,21). The molecule has 0 saturated heterocycles. The predicted octanol–water partition coefficient (Wildman–Crippen LogP) is 4.02. The van der Waals surface area contributed by atoms with Crippen LogP contribution in [0.4, 0.5) is 0 Å². The van der Waals surface area contributed by atoms with Crippen molar-refractivity contribution in [3.05, 3.63) is 59.8 Å². The van der Waals surface area contributed by atoms with Gasteiger partial charge in [0.25, 0.3) is 0 Å². The van der Waals surface area contributed by atoms with Gasteiger partial charge in [-0.1, -0.05) is 35.9 Å². The number of pyridine rings is 1. The van der Waals surface area contributed by atoms with Crippen LogP contribution in [0.3, 0.4) is 0 Å². The number of aromatic nitrogens is 1. The van der Waals surface area contributed by atoms with E-state index < -0.39 is 12.6 Å². The summed E-state index contributed by atoms with van der Waals surface area (Å²) < 4.78 is 5.37. The van der Waals surface area contributed by atoms with Gasteiger partial charge in [0, 0.05) is 27.7 Å². The van der Waals surface area contributed by atoms with Crippen LogP contribution in [0.1, 0.15) is 0 Å². The molecule has 3 rings (SSSR count). The third-order valence-electron chi connectivity index (χ3n) is 3.22. The number of benzene rings is 2. The lowest BCUT2D eigenvalue weighted by Gasteiger charge is -2.12. The molecule has 0 radical (unpaired) electrons. The molecule has 1 N–H and O–H groups in total.